The largest absolute Gasteiger partial charge is 0.522 e. The van der Waals surface area contributed by atoms with Crippen LogP contribution in [0.4, 0.5) is 35.3 Å². The first kappa shape index (κ1) is 27.0. The fourth-order valence-corrected chi connectivity index (χ4v) is 4.41. The summed E-state index contributed by atoms with van der Waals surface area (Å²) < 4.78 is 47.1. The molecular formula is C25H32F3N5O4. The summed E-state index contributed by atoms with van der Waals surface area (Å²) in [6.45, 7) is 6.42. The number of halogens is 3. The molecule has 37 heavy (non-hydrogen) atoms. The molecule has 4 rings (SSSR count). The standard InChI is InChI=1S/C25H32F3N5O4/c1-16-3-4-19(30-24(35)33-6-5-20(14-33)37-25(26,27)28)13-21(16)18-11-22(29-17(2)15-34)31-23(12-18)32-7-9-36-10-8-32/h3-4,11-13,17,20,34H,5-10,14-15H2,1-2H3,(H,29,31)(H,30,35)/t17-,20-/m1/s1. The van der Waals surface area contributed by atoms with Crippen LogP contribution in [0.3, 0.4) is 0 Å². The Morgan fingerprint density at radius 2 is 2.00 bits per heavy atom. The molecule has 2 saturated heterocycles. The van der Waals surface area contributed by atoms with E-state index < -0.39 is 18.5 Å². The van der Waals surface area contributed by atoms with Crippen molar-refractivity contribution in [2.45, 2.75) is 38.8 Å². The number of nitrogens with one attached hydrogen (secondary N) is 2. The number of amides is 2. The number of nitrogens with zero attached hydrogens (tertiary/aromatic N) is 3. The Hall–Kier alpha value is -3.09. The zero-order valence-electron chi connectivity index (χ0n) is 20.8. The van der Waals surface area contributed by atoms with Crippen molar-refractivity contribution < 1.29 is 32.5 Å². The van der Waals surface area contributed by atoms with Gasteiger partial charge in [0.25, 0.3) is 0 Å². The van der Waals surface area contributed by atoms with E-state index in [0.717, 1.165) is 22.5 Å². The molecule has 3 N–H and O–H groups in total. The van der Waals surface area contributed by atoms with Crippen LogP contribution in [0, 0.1) is 6.92 Å². The summed E-state index contributed by atoms with van der Waals surface area (Å²) in [5, 5.41) is 15.5. The van der Waals surface area contributed by atoms with Gasteiger partial charge in [0.1, 0.15) is 11.6 Å². The van der Waals surface area contributed by atoms with Crippen molar-refractivity contribution in [1.82, 2.24) is 9.88 Å². The molecule has 2 atom stereocenters. The first-order valence-electron chi connectivity index (χ1n) is 12.2. The topological polar surface area (TPSA) is 99.2 Å². The van der Waals surface area contributed by atoms with Gasteiger partial charge >= 0.3 is 12.4 Å². The molecule has 202 valence electrons. The van der Waals surface area contributed by atoms with Gasteiger partial charge in [-0.05, 0) is 61.2 Å². The molecule has 1 aromatic heterocycles. The van der Waals surface area contributed by atoms with Gasteiger partial charge in [0.2, 0.25) is 0 Å². The van der Waals surface area contributed by atoms with Gasteiger partial charge in [-0.2, -0.15) is 0 Å². The molecule has 3 heterocycles. The summed E-state index contributed by atoms with van der Waals surface area (Å²) in [6, 6.07) is 8.67. The highest BCUT2D eigenvalue weighted by Gasteiger charge is 2.37. The number of carbonyl (C=O) groups excluding carboxylic acids is 1. The summed E-state index contributed by atoms with van der Waals surface area (Å²) in [5.41, 5.74) is 3.23. The number of aliphatic hydroxyl groups is 1. The van der Waals surface area contributed by atoms with Crippen molar-refractivity contribution in [1.29, 1.82) is 0 Å². The Kier molecular flexibility index (Phi) is 8.40. The summed E-state index contributed by atoms with van der Waals surface area (Å²) in [7, 11) is 0. The number of ether oxygens (including phenoxy) is 2. The van der Waals surface area contributed by atoms with Crippen molar-refractivity contribution in [3.63, 3.8) is 0 Å². The highest BCUT2D eigenvalue weighted by molar-refractivity contribution is 5.91. The molecule has 2 aliphatic heterocycles. The number of urea groups is 1. The van der Waals surface area contributed by atoms with Gasteiger partial charge in [0, 0.05) is 37.9 Å². The van der Waals surface area contributed by atoms with Gasteiger partial charge in [-0.3, -0.25) is 4.74 Å². The van der Waals surface area contributed by atoms with Crippen molar-refractivity contribution in [3.8, 4) is 11.1 Å². The average Bonchev–Trinajstić information content (AvgIpc) is 3.32. The van der Waals surface area contributed by atoms with E-state index in [2.05, 4.69) is 20.3 Å². The van der Waals surface area contributed by atoms with E-state index in [1.165, 1.54) is 4.90 Å². The lowest BCUT2D eigenvalue weighted by molar-refractivity contribution is -0.340. The highest BCUT2D eigenvalue weighted by atomic mass is 19.4. The fraction of sp³-hybridized carbons (Fsp3) is 0.520. The van der Waals surface area contributed by atoms with Gasteiger partial charge in [-0.25, -0.2) is 9.78 Å². The maximum absolute atomic E-state index is 12.7. The third-order valence-corrected chi connectivity index (χ3v) is 6.35. The van der Waals surface area contributed by atoms with Crippen molar-refractivity contribution in [3.05, 3.63) is 35.9 Å². The van der Waals surface area contributed by atoms with Crippen molar-refractivity contribution in [2.75, 3.05) is 61.5 Å². The van der Waals surface area contributed by atoms with Crippen LogP contribution in [0.25, 0.3) is 11.1 Å². The molecule has 2 aliphatic rings. The monoisotopic (exact) mass is 523 g/mol. The van der Waals surface area contributed by atoms with Crippen molar-refractivity contribution >= 4 is 23.4 Å². The normalized spacial score (nSPS) is 19.1. The van der Waals surface area contributed by atoms with Crippen molar-refractivity contribution in [2.24, 2.45) is 0 Å². The van der Waals surface area contributed by atoms with Gasteiger partial charge in [-0.1, -0.05) is 6.07 Å². The number of carbonyl (C=O) groups is 1. The molecule has 0 radical (unpaired) electrons. The molecule has 0 spiro atoms. The van der Waals surface area contributed by atoms with Crippen LogP contribution in [0.5, 0.6) is 0 Å². The maximum atomic E-state index is 12.7. The van der Waals surface area contributed by atoms with Crippen LogP contribution in [0.2, 0.25) is 0 Å². The van der Waals surface area contributed by atoms with Crippen LogP contribution in [0.15, 0.2) is 30.3 Å². The van der Waals surface area contributed by atoms with Gasteiger partial charge in [-0.15, -0.1) is 13.2 Å². The molecule has 1 aromatic carbocycles. The van der Waals surface area contributed by atoms with Crippen LogP contribution in [0.1, 0.15) is 18.9 Å². The molecule has 0 bridgehead atoms. The van der Waals surface area contributed by atoms with Crippen LogP contribution in [-0.4, -0.2) is 85.5 Å². The number of alkyl halides is 3. The number of hydrogen-bond acceptors (Lipinski definition) is 7. The second-order valence-electron chi connectivity index (χ2n) is 9.31. The molecule has 0 saturated carbocycles. The number of anilines is 3. The lowest BCUT2D eigenvalue weighted by Gasteiger charge is -2.29. The number of aryl methyl sites for hydroxylation is 1. The minimum atomic E-state index is -4.73. The highest BCUT2D eigenvalue weighted by Crippen LogP contribution is 2.32. The number of aliphatic hydroxyl groups excluding tert-OH is 1. The Morgan fingerprint density at radius 3 is 2.70 bits per heavy atom. The van der Waals surface area contributed by atoms with Gasteiger partial charge < -0.3 is 30.3 Å². The smallest absolute Gasteiger partial charge is 0.394 e. The van der Waals surface area contributed by atoms with E-state index in [4.69, 9.17) is 9.72 Å². The predicted octanol–water partition coefficient (Wildman–Crippen LogP) is 3.83. The first-order chi connectivity index (χ1) is 17.6. The Morgan fingerprint density at radius 1 is 1.24 bits per heavy atom. The van der Waals surface area contributed by atoms with Crippen LogP contribution >= 0.6 is 0 Å². The van der Waals surface area contributed by atoms with Crippen LogP contribution in [-0.2, 0) is 9.47 Å². The molecule has 2 fully saturated rings. The summed E-state index contributed by atoms with van der Waals surface area (Å²) in [4.78, 5) is 20.9. The Bertz CT molecular complexity index is 1090. The molecule has 9 nitrogen and oxygen atoms in total. The quantitative estimate of drug-likeness (QED) is 0.507. The zero-order valence-corrected chi connectivity index (χ0v) is 20.8. The minimum absolute atomic E-state index is 0.0509. The van der Waals surface area contributed by atoms with E-state index in [1.54, 1.807) is 6.07 Å². The van der Waals surface area contributed by atoms with E-state index in [0.29, 0.717) is 37.8 Å². The van der Waals surface area contributed by atoms with E-state index >= 15 is 0 Å². The zero-order chi connectivity index (χ0) is 26.6. The SMILES string of the molecule is Cc1ccc(NC(=O)N2CC[C@@H](OC(F)(F)F)C2)cc1-c1cc(N[C@H](C)CO)nc(N2CCOCC2)c1. The molecule has 12 heteroatoms. The van der Waals surface area contributed by atoms with Gasteiger partial charge in [0.15, 0.2) is 0 Å². The van der Waals surface area contributed by atoms with Gasteiger partial charge in [0.05, 0.1) is 25.9 Å². The van der Waals surface area contributed by atoms with E-state index in [1.807, 2.05) is 38.1 Å². The lowest BCUT2D eigenvalue weighted by atomic mass is 10.00. The lowest BCUT2D eigenvalue weighted by Crippen LogP contribution is -2.37. The second-order valence-corrected chi connectivity index (χ2v) is 9.31. The predicted molar refractivity (Wildman–Crippen MR) is 134 cm³/mol. The number of aromatic nitrogens is 1. The number of pyridine rings is 1. The molecule has 0 aliphatic carbocycles. The fourth-order valence-electron chi connectivity index (χ4n) is 4.41. The number of morpholine rings is 1. The van der Waals surface area contributed by atoms with Crippen LogP contribution < -0.4 is 15.5 Å². The maximum Gasteiger partial charge on any atom is 0.522 e. The van der Waals surface area contributed by atoms with E-state index in [-0.39, 0.29) is 32.2 Å². The Labute approximate surface area is 213 Å². The molecular weight excluding hydrogens is 491 g/mol. The number of hydrogen-bond donors (Lipinski definition) is 3. The average molecular weight is 524 g/mol. The molecule has 2 amide bonds. The number of benzene rings is 1. The summed E-state index contributed by atoms with van der Waals surface area (Å²) in [6.07, 6.45) is -5.67. The molecule has 2 aromatic rings. The summed E-state index contributed by atoms with van der Waals surface area (Å²) >= 11 is 0. The third kappa shape index (κ3) is 7.24. The summed E-state index contributed by atoms with van der Waals surface area (Å²) in [5.74, 6) is 1.39. The van der Waals surface area contributed by atoms with E-state index in [9.17, 15) is 23.1 Å². The molecule has 0 unspecified atom stereocenters. The second kappa shape index (κ2) is 11.5. The number of rotatable bonds is 7. The number of likely N-dealkylation sites (tertiary alicyclic amines) is 1. The minimum Gasteiger partial charge on any atom is -0.394 e. The first-order valence-corrected chi connectivity index (χ1v) is 12.2. The Balaban J connectivity index is 1.55. The third-order valence-electron chi connectivity index (χ3n) is 6.35.